The molecular weight excluding hydrogens is 312 g/mol. The SMILES string of the molecule is O=C(O[C@H]1COC(=O)[C@@H]1OC(=O)c1ccccc1)c1ccccc1. The molecule has 0 spiro atoms. The summed E-state index contributed by atoms with van der Waals surface area (Å²) in [5.74, 6) is -2.02. The lowest BCUT2D eigenvalue weighted by Gasteiger charge is -2.16. The Morgan fingerprint density at radius 2 is 1.33 bits per heavy atom. The Bertz CT molecular complexity index is 741. The summed E-state index contributed by atoms with van der Waals surface area (Å²) in [5.41, 5.74) is 0.635. The van der Waals surface area contributed by atoms with Crippen molar-refractivity contribution in [3.8, 4) is 0 Å². The fourth-order valence-electron chi connectivity index (χ4n) is 2.24. The van der Waals surface area contributed by atoms with Crippen LogP contribution in [-0.4, -0.2) is 36.7 Å². The zero-order valence-corrected chi connectivity index (χ0v) is 12.6. The second kappa shape index (κ2) is 6.95. The van der Waals surface area contributed by atoms with Crippen molar-refractivity contribution in [2.24, 2.45) is 0 Å². The lowest BCUT2D eigenvalue weighted by molar-refractivity contribution is -0.145. The number of carbonyl (C=O) groups is 3. The van der Waals surface area contributed by atoms with Crippen LogP contribution in [0.4, 0.5) is 0 Å². The topological polar surface area (TPSA) is 78.9 Å². The van der Waals surface area contributed by atoms with E-state index in [4.69, 9.17) is 14.2 Å². The summed E-state index contributed by atoms with van der Waals surface area (Å²) in [7, 11) is 0. The smallest absolute Gasteiger partial charge is 0.351 e. The van der Waals surface area contributed by atoms with Gasteiger partial charge in [-0.2, -0.15) is 0 Å². The molecule has 2 aromatic rings. The molecule has 3 rings (SSSR count). The molecule has 1 fully saturated rings. The van der Waals surface area contributed by atoms with Crippen LogP contribution in [0.25, 0.3) is 0 Å². The first kappa shape index (κ1) is 15.7. The average Bonchev–Trinajstić information content (AvgIpc) is 2.96. The van der Waals surface area contributed by atoms with E-state index in [-0.39, 0.29) is 6.61 Å². The third-order valence-corrected chi connectivity index (χ3v) is 3.47. The van der Waals surface area contributed by atoms with Crippen molar-refractivity contribution in [2.45, 2.75) is 12.2 Å². The minimum Gasteiger partial charge on any atom is -0.459 e. The van der Waals surface area contributed by atoms with Gasteiger partial charge in [0.25, 0.3) is 0 Å². The average molecular weight is 326 g/mol. The second-order valence-electron chi connectivity index (χ2n) is 5.13. The molecule has 0 amide bonds. The highest BCUT2D eigenvalue weighted by Gasteiger charge is 2.43. The van der Waals surface area contributed by atoms with Gasteiger partial charge in [-0.15, -0.1) is 0 Å². The highest BCUT2D eigenvalue weighted by Crippen LogP contribution is 2.19. The molecule has 0 bridgehead atoms. The van der Waals surface area contributed by atoms with Gasteiger partial charge in [0.05, 0.1) is 11.1 Å². The lowest BCUT2D eigenvalue weighted by atomic mass is 10.2. The predicted molar refractivity (Wildman–Crippen MR) is 82.3 cm³/mol. The van der Waals surface area contributed by atoms with Crippen LogP contribution in [0.5, 0.6) is 0 Å². The molecule has 0 saturated carbocycles. The Balaban J connectivity index is 1.68. The Hall–Kier alpha value is -3.15. The van der Waals surface area contributed by atoms with Crippen LogP contribution in [-0.2, 0) is 19.0 Å². The summed E-state index contributed by atoms with van der Waals surface area (Å²) < 4.78 is 15.3. The maximum Gasteiger partial charge on any atom is 0.351 e. The van der Waals surface area contributed by atoms with E-state index in [0.29, 0.717) is 11.1 Å². The number of esters is 3. The van der Waals surface area contributed by atoms with E-state index in [2.05, 4.69) is 0 Å². The van der Waals surface area contributed by atoms with Gasteiger partial charge in [-0.25, -0.2) is 14.4 Å². The fourth-order valence-corrected chi connectivity index (χ4v) is 2.24. The molecule has 1 aliphatic rings. The number of rotatable bonds is 4. The van der Waals surface area contributed by atoms with E-state index in [1.54, 1.807) is 60.7 Å². The van der Waals surface area contributed by atoms with Crippen molar-refractivity contribution in [3.63, 3.8) is 0 Å². The molecule has 2 atom stereocenters. The first-order chi connectivity index (χ1) is 11.6. The Kier molecular flexibility index (Phi) is 4.56. The van der Waals surface area contributed by atoms with Crippen LogP contribution in [0.1, 0.15) is 20.7 Å². The van der Waals surface area contributed by atoms with Gasteiger partial charge < -0.3 is 14.2 Å². The van der Waals surface area contributed by atoms with Gasteiger partial charge >= 0.3 is 17.9 Å². The molecule has 0 aromatic heterocycles. The number of ether oxygens (including phenoxy) is 3. The van der Waals surface area contributed by atoms with Crippen LogP contribution in [0.3, 0.4) is 0 Å². The van der Waals surface area contributed by atoms with Gasteiger partial charge in [-0.3, -0.25) is 0 Å². The van der Waals surface area contributed by atoms with Crippen LogP contribution in [0.2, 0.25) is 0 Å². The van der Waals surface area contributed by atoms with E-state index in [9.17, 15) is 14.4 Å². The highest BCUT2D eigenvalue weighted by molar-refractivity contribution is 5.93. The van der Waals surface area contributed by atoms with Crippen LogP contribution >= 0.6 is 0 Å². The Morgan fingerprint density at radius 1 is 0.833 bits per heavy atom. The van der Waals surface area contributed by atoms with Crippen molar-refractivity contribution < 1.29 is 28.6 Å². The molecule has 1 saturated heterocycles. The van der Waals surface area contributed by atoms with Crippen molar-refractivity contribution >= 4 is 17.9 Å². The van der Waals surface area contributed by atoms with Gasteiger partial charge in [0.1, 0.15) is 6.61 Å². The monoisotopic (exact) mass is 326 g/mol. The third kappa shape index (κ3) is 3.43. The van der Waals surface area contributed by atoms with Crippen LogP contribution in [0.15, 0.2) is 60.7 Å². The van der Waals surface area contributed by atoms with Crippen molar-refractivity contribution in [3.05, 3.63) is 71.8 Å². The summed E-state index contributed by atoms with van der Waals surface area (Å²) >= 11 is 0. The van der Waals surface area contributed by atoms with Crippen molar-refractivity contribution in [1.29, 1.82) is 0 Å². The second-order valence-corrected chi connectivity index (χ2v) is 5.13. The van der Waals surface area contributed by atoms with Crippen LogP contribution < -0.4 is 0 Å². The summed E-state index contributed by atoms with van der Waals surface area (Å²) in [6.45, 7) is -0.149. The summed E-state index contributed by atoms with van der Waals surface area (Å²) in [6, 6.07) is 16.6. The number of carbonyl (C=O) groups excluding carboxylic acids is 3. The van der Waals surface area contributed by atoms with E-state index in [1.807, 2.05) is 0 Å². The first-order valence-corrected chi connectivity index (χ1v) is 7.34. The van der Waals surface area contributed by atoms with Gasteiger partial charge in [0.15, 0.2) is 6.10 Å². The third-order valence-electron chi connectivity index (χ3n) is 3.47. The van der Waals surface area contributed by atoms with Crippen LogP contribution in [0, 0.1) is 0 Å². The van der Waals surface area contributed by atoms with Crippen molar-refractivity contribution in [2.75, 3.05) is 6.61 Å². The molecule has 2 aromatic carbocycles. The Labute approximate surface area is 137 Å². The van der Waals surface area contributed by atoms with E-state index >= 15 is 0 Å². The number of hydrogen-bond acceptors (Lipinski definition) is 6. The Morgan fingerprint density at radius 3 is 1.88 bits per heavy atom. The van der Waals surface area contributed by atoms with E-state index in [1.165, 1.54) is 0 Å². The van der Waals surface area contributed by atoms with E-state index < -0.39 is 30.1 Å². The number of benzene rings is 2. The minimum atomic E-state index is -1.27. The summed E-state index contributed by atoms with van der Waals surface area (Å²) in [6.07, 6.45) is -2.25. The predicted octanol–water partition coefficient (Wildman–Crippen LogP) is 1.99. The van der Waals surface area contributed by atoms with E-state index in [0.717, 1.165) is 0 Å². The molecule has 0 radical (unpaired) electrons. The summed E-state index contributed by atoms with van der Waals surface area (Å²) in [4.78, 5) is 35.9. The summed E-state index contributed by atoms with van der Waals surface area (Å²) in [5, 5.41) is 0. The van der Waals surface area contributed by atoms with Gasteiger partial charge in [0.2, 0.25) is 6.10 Å². The molecule has 24 heavy (non-hydrogen) atoms. The lowest BCUT2D eigenvalue weighted by Crippen LogP contribution is -2.36. The quantitative estimate of drug-likeness (QED) is 0.631. The molecule has 1 aliphatic heterocycles. The highest BCUT2D eigenvalue weighted by atomic mass is 16.6. The molecule has 0 N–H and O–H groups in total. The van der Waals surface area contributed by atoms with Gasteiger partial charge in [-0.1, -0.05) is 36.4 Å². The standard InChI is InChI=1S/C18H14O6/c19-16(12-7-3-1-4-8-12)23-14-11-22-18(21)15(14)24-17(20)13-9-5-2-6-10-13/h1-10,14-15H,11H2/t14-,15+/m0/s1. The molecular formula is C18H14O6. The molecule has 1 heterocycles. The largest absolute Gasteiger partial charge is 0.459 e. The zero-order chi connectivity index (χ0) is 16.9. The molecule has 122 valence electrons. The fraction of sp³-hybridized carbons (Fsp3) is 0.167. The number of cyclic esters (lactones) is 1. The van der Waals surface area contributed by atoms with Crippen molar-refractivity contribution in [1.82, 2.24) is 0 Å². The first-order valence-electron chi connectivity index (χ1n) is 7.34. The van der Waals surface area contributed by atoms with Gasteiger partial charge in [0, 0.05) is 0 Å². The molecule has 6 heteroatoms. The number of hydrogen-bond donors (Lipinski definition) is 0. The normalized spacial score (nSPS) is 19.4. The zero-order valence-electron chi connectivity index (χ0n) is 12.6. The maximum absolute atomic E-state index is 12.1. The maximum atomic E-state index is 12.1. The minimum absolute atomic E-state index is 0.149. The molecule has 0 aliphatic carbocycles. The van der Waals surface area contributed by atoms with Gasteiger partial charge in [-0.05, 0) is 24.3 Å². The molecule has 6 nitrogen and oxygen atoms in total. The molecule has 0 unspecified atom stereocenters.